The Bertz CT molecular complexity index is 3590. The van der Waals surface area contributed by atoms with E-state index in [4.69, 9.17) is 9.47 Å². The fourth-order valence-corrected chi connectivity index (χ4v) is 27.7. The van der Waals surface area contributed by atoms with Crippen molar-refractivity contribution < 1.29 is 44.6 Å². The second kappa shape index (κ2) is 20.4. The fraction of sp³-hybridized carbons (Fsp3) is 0.675. The number of hydrogen-bond acceptors (Lipinski definition) is 10. The number of carbonyl (C=O) groups is 2. The van der Waals surface area contributed by atoms with E-state index in [1.54, 1.807) is 6.08 Å². The number of esters is 1. The molecule has 90 heavy (non-hydrogen) atoms. The minimum absolute atomic E-state index is 0.0733. The summed E-state index contributed by atoms with van der Waals surface area (Å²) in [7, 11) is 1.97. The first kappa shape index (κ1) is 58.0. The zero-order valence-electron chi connectivity index (χ0n) is 53.0. The molecular formula is C80H95NO9. The lowest BCUT2D eigenvalue weighted by atomic mass is 9.30. The molecule has 3 aromatic rings. The first-order valence-electron chi connectivity index (χ1n) is 36.1. The third-order valence-corrected chi connectivity index (χ3v) is 30.7. The molecule has 13 aliphatic carbocycles. The summed E-state index contributed by atoms with van der Waals surface area (Å²) >= 11 is 0. The van der Waals surface area contributed by atoms with Gasteiger partial charge in [-0.1, -0.05) is 104 Å². The Morgan fingerprint density at radius 1 is 0.767 bits per heavy atom. The lowest BCUT2D eigenvalue weighted by molar-refractivity contribution is -0.400. The minimum atomic E-state index is -2.35. The van der Waals surface area contributed by atoms with E-state index >= 15 is 20.1 Å². The summed E-state index contributed by atoms with van der Waals surface area (Å²) in [6.45, 7) is 2.31. The summed E-state index contributed by atoms with van der Waals surface area (Å²) < 4.78 is 14.8. The number of nitrogens with one attached hydrogen (secondary N) is 1. The van der Waals surface area contributed by atoms with Crippen molar-refractivity contribution in [3.63, 3.8) is 0 Å². The van der Waals surface area contributed by atoms with Crippen molar-refractivity contribution in [2.75, 3.05) is 7.05 Å². The van der Waals surface area contributed by atoms with Crippen LogP contribution in [0.25, 0.3) is 0 Å². The molecule has 10 nitrogen and oxygen atoms in total. The number of aliphatic hydroxyl groups excluding tert-OH is 2. The van der Waals surface area contributed by atoms with Crippen molar-refractivity contribution >= 4 is 12.3 Å². The maximum atomic E-state index is 16.4. The molecule has 17 bridgehead atoms. The van der Waals surface area contributed by atoms with Gasteiger partial charge in [-0.25, -0.2) is 4.79 Å². The minimum Gasteiger partial charge on any atom is -0.454 e. The summed E-state index contributed by atoms with van der Waals surface area (Å²) in [5, 5.41) is 76.9. The highest BCUT2D eigenvalue weighted by molar-refractivity contribution is 5.86. The van der Waals surface area contributed by atoms with Crippen molar-refractivity contribution in [3.05, 3.63) is 118 Å². The van der Waals surface area contributed by atoms with Crippen LogP contribution < -0.4 is 5.32 Å². The number of rotatable bonds is 4. The molecule has 474 valence electrons. The Labute approximate surface area is 532 Å². The van der Waals surface area contributed by atoms with Crippen LogP contribution in [0, 0.1) is 134 Å². The highest BCUT2D eigenvalue weighted by Gasteiger charge is 2.90. The molecule has 0 amide bonds. The summed E-state index contributed by atoms with van der Waals surface area (Å²) in [5.74, 6) is 13.6. The average molecular weight is 1210 g/mol. The van der Waals surface area contributed by atoms with E-state index in [1.165, 1.54) is 23.1 Å². The number of aliphatic hydroxyl groups is 5. The van der Waals surface area contributed by atoms with Crippen molar-refractivity contribution in [1.82, 2.24) is 5.32 Å². The summed E-state index contributed by atoms with van der Waals surface area (Å²) in [4.78, 5) is 30.8. The predicted octanol–water partition coefficient (Wildman–Crippen LogP) is 10.8. The van der Waals surface area contributed by atoms with Gasteiger partial charge in [-0.05, 0) is 240 Å². The van der Waals surface area contributed by atoms with Gasteiger partial charge in [0.25, 0.3) is 0 Å². The molecule has 3 aromatic carbocycles. The largest absolute Gasteiger partial charge is 0.454 e. The Morgan fingerprint density at radius 2 is 1.56 bits per heavy atom. The van der Waals surface area contributed by atoms with Crippen LogP contribution in [0.5, 0.6) is 0 Å². The maximum absolute atomic E-state index is 16.4. The number of aldehydes is 1. The number of hydrogen-bond donors (Lipinski definition) is 6. The Morgan fingerprint density at radius 3 is 2.37 bits per heavy atom. The first-order valence-corrected chi connectivity index (χ1v) is 36.1. The molecule has 16 aliphatic rings. The maximum Gasteiger partial charge on any atom is 0.331 e. The fourth-order valence-electron chi connectivity index (χ4n) is 27.7. The smallest absolute Gasteiger partial charge is 0.331 e. The molecule has 10 saturated carbocycles. The molecule has 27 unspecified atom stereocenters. The molecule has 11 fully saturated rings. The molecule has 3 aliphatic heterocycles. The van der Waals surface area contributed by atoms with Gasteiger partial charge in [0.2, 0.25) is 0 Å². The van der Waals surface area contributed by atoms with Gasteiger partial charge in [0, 0.05) is 69.9 Å². The number of carbonyl (C=O) groups excluding carboxylic acids is 2. The average Bonchev–Trinajstić information content (AvgIpc) is 1.20. The molecule has 3 heterocycles. The third-order valence-electron chi connectivity index (χ3n) is 30.7. The molecule has 19 rings (SSSR count). The lowest BCUT2D eigenvalue weighted by Crippen LogP contribution is -2.88. The standard InChI is InChI=1S/C80H95NO9/c1-45-51-20-19-48(31-51)30-46-11-8-12-47(29-46)32-57-35-56-36-61-59-18-10-16-53-39-75-42-74(26-6-7-27-74)28-25-50-15-9-17-54(41-82)60(50)37-67(81-2)62-33-55(69(75)63-38-68(84)90-70(62)63)40-78(75,86)80(88)71(53)76(44-83)43-77(56,64(61)24-22-58(59)49-13-4-3-5-14-49)73(89-57)65-23-21-52(45)34-66(72(80)85)79(65,76)87/h3-5,8-9,11-15,17,29,38,44-45,48,51-53,55-59,61-62,64-67,69-73,81-82,85-88H,6-7,18-24,26-27,30-37,39-43H2,1-2H3. The SMILES string of the molecule is CNC1Cc2c(cccc2CO)C#CC2(CCCC2)CC23CC4C#CCC5C(c6ccccc6)CCC6C5CC5CC7Cc8cccc(c8)CC8CCC(C8)C(C)C8CCC9C(O7)C56CC5(C=O)C4C(O)(C(O)C(C8)C95O)C2(O)CC2CC1C1OC(=O)C=C1C23. The van der Waals surface area contributed by atoms with Crippen molar-refractivity contribution in [2.24, 2.45) is 110 Å². The number of ether oxygens (including phenoxy) is 2. The molecular weight excluding hydrogens is 1120 g/mol. The van der Waals surface area contributed by atoms with Gasteiger partial charge >= 0.3 is 5.97 Å². The number of benzene rings is 3. The molecule has 27 atom stereocenters. The van der Waals surface area contributed by atoms with Crippen molar-refractivity contribution in [1.29, 1.82) is 0 Å². The summed E-state index contributed by atoms with van der Waals surface area (Å²) in [6.07, 6.45) is 17.5. The van der Waals surface area contributed by atoms with Gasteiger partial charge in [-0.3, -0.25) is 0 Å². The third kappa shape index (κ3) is 7.57. The Kier molecular flexibility index (Phi) is 13.2. The molecule has 3 spiro atoms. The molecule has 0 radical (unpaired) electrons. The molecule has 0 aromatic heterocycles. The van der Waals surface area contributed by atoms with Crippen LogP contribution in [0.1, 0.15) is 175 Å². The second-order valence-corrected chi connectivity index (χ2v) is 33.5. The topological polar surface area (TPSA) is 166 Å². The summed E-state index contributed by atoms with van der Waals surface area (Å²) in [5.41, 5.74) is -2.62. The molecule has 6 N–H and O–H groups in total. The van der Waals surface area contributed by atoms with Gasteiger partial charge in [-0.2, -0.15) is 0 Å². The zero-order valence-corrected chi connectivity index (χ0v) is 53.0. The second-order valence-electron chi connectivity index (χ2n) is 33.5. The first-order chi connectivity index (χ1) is 43.6. The van der Waals surface area contributed by atoms with E-state index in [0.29, 0.717) is 63.2 Å². The predicted molar refractivity (Wildman–Crippen MR) is 340 cm³/mol. The van der Waals surface area contributed by atoms with Crippen LogP contribution in [0.4, 0.5) is 0 Å². The number of likely N-dealkylation sites (N-methyl/N-ethyl adjacent to an activating group) is 1. The quantitative estimate of drug-likeness (QED) is 0.0841. The van der Waals surface area contributed by atoms with E-state index < -0.39 is 86.2 Å². The van der Waals surface area contributed by atoms with Crippen LogP contribution in [0.15, 0.2) is 84.4 Å². The Balaban J connectivity index is 0.900. The van der Waals surface area contributed by atoms with Gasteiger partial charge in [0.1, 0.15) is 23.6 Å². The molecule has 10 heteroatoms. The highest BCUT2D eigenvalue weighted by atomic mass is 16.5. The Hall–Kier alpha value is -4.62. The lowest BCUT2D eigenvalue weighted by Gasteiger charge is -2.77. The van der Waals surface area contributed by atoms with Crippen LogP contribution in [-0.2, 0) is 44.9 Å². The van der Waals surface area contributed by atoms with Gasteiger partial charge in [-0.15, -0.1) is 5.92 Å². The molecule has 1 saturated heterocycles. The zero-order chi connectivity index (χ0) is 61.1. The van der Waals surface area contributed by atoms with Crippen molar-refractivity contribution in [2.45, 2.75) is 214 Å². The normalized spacial score (nSPS) is 49.9. The van der Waals surface area contributed by atoms with E-state index in [2.05, 4.69) is 96.6 Å². The van der Waals surface area contributed by atoms with Gasteiger partial charge in [0.15, 0.2) is 0 Å². The monoisotopic (exact) mass is 1210 g/mol. The van der Waals surface area contributed by atoms with Crippen LogP contribution in [0.3, 0.4) is 0 Å². The number of fused-ring (bicyclic) bond motifs is 9. The van der Waals surface area contributed by atoms with Gasteiger partial charge in [0.05, 0.1) is 35.9 Å². The van der Waals surface area contributed by atoms with E-state index in [1.807, 2.05) is 19.2 Å². The van der Waals surface area contributed by atoms with E-state index in [-0.39, 0.29) is 84.5 Å². The summed E-state index contributed by atoms with van der Waals surface area (Å²) in [6, 6.07) is 26.4. The van der Waals surface area contributed by atoms with Crippen LogP contribution in [-0.4, -0.2) is 92.1 Å². The van der Waals surface area contributed by atoms with Crippen LogP contribution >= 0.6 is 0 Å². The van der Waals surface area contributed by atoms with Gasteiger partial charge < -0.3 is 45.1 Å². The van der Waals surface area contributed by atoms with E-state index in [9.17, 15) is 15.0 Å². The van der Waals surface area contributed by atoms with Crippen LogP contribution in [0.2, 0.25) is 0 Å². The van der Waals surface area contributed by atoms with Crippen molar-refractivity contribution in [3.8, 4) is 23.7 Å². The van der Waals surface area contributed by atoms with E-state index in [0.717, 1.165) is 112 Å². The highest BCUT2D eigenvalue weighted by Crippen LogP contribution is 2.83.